The number of aromatic amines is 1. The number of hydrogen-bond donors (Lipinski definition) is 3. The van der Waals surface area contributed by atoms with E-state index in [1.807, 2.05) is 24.3 Å². The van der Waals surface area contributed by atoms with E-state index in [4.69, 9.17) is 11.6 Å². The molecule has 3 N–H and O–H groups in total. The lowest BCUT2D eigenvalue weighted by molar-refractivity contribution is 0.0938. The quantitative estimate of drug-likeness (QED) is 0.620. The summed E-state index contributed by atoms with van der Waals surface area (Å²) in [5.74, 6) is 0.103. The number of aromatic nitrogens is 2. The molecule has 0 aliphatic heterocycles. The number of fused-ring (bicyclic) bond motifs is 1. The average Bonchev–Trinajstić information content (AvgIpc) is 3.06. The molecule has 1 amide bonds. The van der Waals surface area contributed by atoms with Crippen LogP contribution in [0.5, 0.6) is 0 Å². The van der Waals surface area contributed by atoms with Crippen LogP contribution in [0.2, 0.25) is 5.02 Å². The number of carbonyl (C=O) groups excluding carboxylic acids is 1. The number of amides is 1. The van der Waals surface area contributed by atoms with E-state index in [0.29, 0.717) is 5.82 Å². The van der Waals surface area contributed by atoms with Gasteiger partial charge in [0, 0.05) is 0 Å². The van der Waals surface area contributed by atoms with Crippen LogP contribution in [0.3, 0.4) is 0 Å². The molecule has 7 nitrogen and oxygen atoms in total. The van der Waals surface area contributed by atoms with Crippen molar-refractivity contribution in [1.82, 2.24) is 20.0 Å². The molecule has 26 heavy (non-hydrogen) atoms. The summed E-state index contributed by atoms with van der Waals surface area (Å²) in [6, 6.07) is 11.1. The van der Waals surface area contributed by atoms with Crippen LogP contribution in [-0.2, 0) is 10.0 Å². The Morgan fingerprint density at radius 1 is 1.23 bits per heavy atom. The number of sulfonamides is 1. The first-order valence-corrected chi connectivity index (χ1v) is 9.66. The van der Waals surface area contributed by atoms with Crippen molar-refractivity contribution < 1.29 is 13.2 Å². The molecule has 1 aromatic heterocycles. The summed E-state index contributed by atoms with van der Waals surface area (Å²) in [5, 5.41) is 2.94. The maximum absolute atomic E-state index is 12.6. The van der Waals surface area contributed by atoms with Gasteiger partial charge in [0.15, 0.2) is 0 Å². The molecule has 0 saturated heterocycles. The van der Waals surface area contributed by atoms with Gasteiger partial charge in [0.05, 0.1) is 32.6 Å². The molecule has 1 heterocycles. The van der Waals surface area contributed by atoms with Crippen molar-refractivity contribution in [2.45, 2.75) is 17.9 Å². The van der Waals surface area contributed by atoms with Crippen molar-refractivity contribution in [3.05, 3.63) is 58.9 Å². The molecule has 136 valence electrons. The topological polar surface area (TPSA) is 104 Å². The molecule has 2 aromatic carbocycles. The van der Waals surface area contributed by atoms with E-state index in [1.165, 1.54) is 25.2 Å². The Hall–Kier alpha value is -2.42. The molecule has 1 atom stereocenters. The number of carbonyl (C=O) groups is 1. The van der Waals surface area contributed by atoms with Gasteiger partial charge in [0.2, 0.25) is 10.0 Å². The van der Waals surface area contributed by atoms with E-state index >= 15 is 0 Å². The summed E-state index contributed by atoms with van der Waals surface area (Å²) >= 11 is 6.08. The predicted molar refractivity (Wildman–Crippen MR) is 99.7 cm³/mol. The highest BCUT2D eigenvalue weighted by Gasteiger charge is 2.20. The Morgan fingerprint density at radius 3 is 2.65 bits per heavy atom. The predicted octanol–water partition coefficient (Wildman–Crippen LogP) is 2.62. The molecule has 0 spiro atoms. The van der Waals surface area contributed by atoms with Crippen LogP contribution < -0.4 is 10.0 Å². The highest BCUT2D eigenvalue weighted by Crippen LogP contribution is 2.22. The van der Waals surface area contributed by atoms with Gasteiger partial charge in [-0.3, -0.25) is 4.79 Å². The number of imidazole rings is 1. The molecule has 3 rings (SSSR count). The van der Waals surface area contributed by atoms with E-state index in [2.05, 4.69) is 20.0 Å². The molecule has 0 saturated carbocycles. The van der Waals surface area contributed by atoms with E-state index in [1.54, 1.807) is 6.92 Å². The number of rotatable bonds is 5. The van der Waals surface area contributed by atoms with Crippen LogP contribution >= 0.6 is 11.6 Å². The lowest BCUT2D eigenvalue weighted by Crippen LogP contribution is -2.28. The van der Waals surface area contributed by atoms with Crippen molar-refractivity contribution in [3.8, 4) is 0 Å². The monoisotopic (exact) mass is 392 g/mol. The van der Waals surface area contributed by atoms with Crippen molar-refractivity contribution in [1.29, 1.82) is 0 Å². The minimum Gasteiger partial charge on any atom is -0.342 e. The summed E-state index contributed by atoms with van der Waals surface area (Å²) in [7, 11) is -2.38. The average molecular weight is 393 g/mol. The number of benzene rings is 2. The van der Waals surface area contributed by atoms with Gasteiger partial charge >= 0.3 is 0 Å². The second-order valence-corrected chi connectivity index (χ2v) is 7.98. The van der Waals surface area contributed by atoms with Crippen molar-refractivity contribution in [2.24, 2.45) is 0 Å². The second-order valence-electron chi connectivity index (χ2n) is 5.68. The third kappa shape index (κ3) is 3.57. The third-order valence-electron chi connectivity index (χ3n) is 3.93. The zero-order valence-corrected chi connectivity index (χ0v) is 15.6. The molecule has 1 unspecified atom stereocenters. The fourth-order valence-electron chi connectivity index (χ4n) is 2.48. The van der Waals surface area contributed by atoms with Crippen LogP contribution in [0.15, 0.2) is 47.4 Å². The van der Waals surface area contributed by atoms with Crippen molar-refractivity contribution in [2.75, 3.05) is 7.05 Å². The van der Waals surface area contributed by atoms with E-state index in [-0.39, 0.29) is 15.5 Å². The van der Waals surface area contributed by atoms with Gasteiger partial charge in [0.25, 0.3) is 5.91 Å². The Kier molecular flexibility index (Phi) is 4.99. The molecular weight excluding hydrogens is 376 g/mol. The van der Waals surface area contributed by atoms with E-state index in [0.717, 1.165) is 11.0 Å². The Morgan fingerprint density at radius 2 is 1.96 bits per heavy atom. The van der Waals surface area contributed by atoms with Crippen molar-refractivity contribution in [3.63, 3.8) is 0 Å². The van der Waals surface area contributed by atoms with Gasteiger partial charge in [-0.25, -0.2) is 18.1 Å². The molecule has 3 aromatic rings. The minimum atomic E-state index is -3.68. The smallest absolute Gasteiger partial charge is 0.253 e. The summed E-state index contributed by atoms with van der Waals surface area (Å²) in [4.78, 5) is 20.1. The first kappa shape index (κ1) is 18.4. The number of para-hydroxylation sites is 2. The summed E-state index contributed by atoms with van der Waals surface area (Å²) in [5.41, 5.74) is 1.73. The number of nitrogens with zero attached hydrogens (tertiary/aromatic N) is 1. The first-order chi connectivity index (χ1) is 12.3. The zero-order chi connectivity index (χ0) is 18.9. The molecular formula is C17H17ClN4O3S. The number of nitrogens with one attached hydrogen (secondary N) is 3. The van der Waals surface area contributed by atoms with Gasteiger partial charge in [-0.1, -0.05) is 23.7 Å². The minimum absolute atomic E-state index is 0.0362. The number of hydrogen-bond acceptors (Lipinski definition) is 4. The molecule has 0 radical (unpaired) electrons. The highest BCUT2D eigenvalue weighted by atomic mass is 35.5. The normalized spacial score (nSPS) is 12.9. The van der Waals surface area contributed by atoms with E-state index < -0.39 is 22.0 Å². The zero-order valence-electron chi connectivity index (χ0n) is 14.1. The maximum Gasteiger partial charge on any atom is 0.253 e. The Balaban J connectivity index is 1.86. The number of halogens is 1. The second kappa shape index (κ2) is 7.06. The Labute approximate surface area is 155 Å². The highest BCUT2D eigenvalue weighted by molar-refractivity contribution is 7.89. The molecule has 0 aliphatic carbocycles. The summed E-state index contributed by atoms with van der Waals surface area (Å²) in [6.07, 6.45) is 0. The lowest BCUT2D eigenvalue weighted by atomic mass is 10.2. The molecule has 0 bridgehead atoms. The first-order valence-electron chi connectivity index (χ1n) is 7.80. The van der Waals surface area contributed by atoms with E-state index in [9.17, 15) is 13.2 Å². The summed E-state index contributed by atoms with van der Waals surface area (Å²) < 4.78 is 26.1. The van der Waals surface area contributed by atoms with Crippen LogP contribution in [0.4, 0.5) is 0 Å². The van der Waals surface area contributed by atoms with Crippen LogP contribution in [0, 0.1) is 0 Å². The van der Waals surface area contributed by atoms with Crippen LogP contribution in [0.25, 0.3) is 11.0 Å². The maximum atomic E-state index is 12.6. The lowest BCUT2D eigenvalue weighted by Gasteiger charge is -2.13. The van der Waals surface area contributed by atoms with Crippen LogP contribution in [-0.4, -0.2) is 31.3 Å². The van der Waals surface area contributed by atoms with Gasteiger partial charge in [-0.15, -0.1) is 0 Å². The molecule has 9 heteroatoms. The standard InChI is InChI=1S/C17H17ClN4O3S/c1-10(16-21-14-5-3-4-6-15(14)22-16)20-17(23)12-9-11(7-8-13(12)18)26(24,25)19-2/h3-10,19H,1-2H3,(H,20,23)(H,21,22). The SMILES string of the molecule is CNS(=O)(=O)c1ccc(Cl)c(C(=O)NC(C)c2nc3ccccc3[nH]2)c1. The fraction of sp³-hybridized carbons (Fsp3) is 0.176. The van der Waals surface area contributed by atoms with Crippen molar-refractivity contribution >= 4 is 38.6 Å². The fourth-order valence-corrected chi connectivity index (χ4v) is 3.44. The largest absolute Gasteiger partial charge is 0.342 e. The third-order valence-corrected chi connectivity index (χ3v) is 5.67. The van der Waals surface area contributed by atoms with Gasteiger partial charge < -0.3 is 10.3 Å². The summed E-state index contributed by atoms with van der Waals surface area (Å²) in [6.45, 7) is 1.78. The van der Waals surface area contributed by atoms with Gasteiger partial charge in [-0.05, 0) is 44.3 Å². The van der Waals surface area contributed by atoms with Crippen LogP contribution in [0.1, 0.15) is 29.1 Å². The number of H-pyrrole nitrogens is 1. The molecule has 0 aliphatic rings. The molecule has 0 fully saturated rings. The van der Waals surface area contributed by atoms with Gasteiger partial charge in [-0.2, -0.15) is 0 Å². The Bertz CT molecular complexity index is 1050. The van der Waals surface area contributed by atoms with Gasteiger partial charge in [0.1, 0.15) is 5.82 Å².